The van der Waals surface area contributed by atoms with Crippen LogP contribution in [0.25, 0.3) is 0 Å². The fraction of sp³-hybridized carbons (Fsp3) is 0.958. The Kier molecular flexibility index (Phi) is 49.2. The van der Waals surface area contributed by atoms with E-state index < -0.39 is 0 Å². The molecule has 0 bridgehead atoms. The second-order valence-corrected chi connectivity index (χ2v) is 16.3. The van der Waals surface area contributed by atoms with E-state index in [9.17, 15) is 9.59 Å². The maximum atomic E-state index is 12.6. The first-order valence-electron chi connectivity index (χ1n) is 24.1. The molecule has 0 amide bonds. The normalized spacial score (nSPS) is 11.9. The van der Waals surface area contributed by atoms with Crippen LogP contribution >= 0.6 is 0 Å². The van der Waals surface area contributed by atoms with Crippen LogP contribution in [0.2, 0.25) is 0 Å². The highest BCUT2D eigenvalue weighted by molar-refractivity contribution is 5.69. The number of hydrogen-bond acceptors (Lipinski definition) is 6. The lowest BCUT2D eigenvalue weighted by Gasteiger charge is -2.22. The molecule has 0 rings (SSSR count). The molecule has 0 radical (unpaired) electrons. The van der Waals surface area contributed by atoms with E-state index in [-0.39, 0.29) is 12.1 Å². The predicted molar refractivity (Wildman–Crippen MR) is 237 cm³/mol. The third kappa shape index (κ3) is 43.7. The molecular weight excluding hydrogens is 669 g/mol. The Labute approximate surface area is 339 Å². The summed E-state index contributed by atoms with van der Waals surface area (Å²) in [6.07, 6.45) is 44.1. The van der Waals surface area contributed by atoms with Crippen LogP contribution in [0.4, 0.5) is 0 Å². The minimum atomic E-state index is 0.0334. The number of hydrogen-bond donors (Lipinski definition) is 1. The molecule has 0 fully saturated rings. The zero-order chi connectivity index (χ0) is 40.0. The number of methoxy groups -OCH3 is 1. The molecule has 0 aromatic carbocycles. The highest BCUT2D eigenvalue weighted by Crippen LogP contribution is 2.19. The molecule has 6 heteroatoms. The van der Waals surface area contributed by atoms with Crippen molar-refractivity contribution >= 4 is 12.3 Å². The number of nitrogens with two attached hydrogens (primary N) is 1. The van der Waals surface area contributed by atoms with Crippen LogP contribution in [0, 0.1) is 0 Å². The van der Waals surface area contributed by atoms with Crippen molar-refractivity contribution < 1.29 is 19.1 Å². The van der Waals surface area contributed by atoms with Gasteiger partial charge in [-0.1, -0.05) is 169 Å². The van der Waals surface area contributed by atoms with Gasteiger partial charge in [-0.2, -0.15) is 0 Å². The zero-order valence-electron chi connectivity index (χ0n) is 37.5. The van der Waals surface area contributed by atoms with Crippen molar-refractivity contribution in [3.05, 3.63) is 0 Å². The van der Waals surface area contributed by atoms with E-state index >= 15 is 0 Å². The summed E-state index contributed by atoms with van der Waals surface area (Å²) >= 11 is 0. The standard InChI is InChI=1S/C36H72N2O3.C12H26O/c1-3-5-7-9-14-20-27-35(28-21-15-10-8-6-4-2)41-36(40)29-22-16-13-18-24-32-38(33-26-30-37)31-23-17-11-12-19-25-34-39;1-4-6-7-8-9-10-11-12(5-2)13-3/h34-35H,3-33,37H2,1-2H3;12H,4-11H2,1-3H3. The van der Waals surface area contributed by atoms with Gasteiger partial charge in [0.05, 0.1) is 6.10 Å². The molecule has 6 nitrogen and oxygen atoms in total. The summed E-state index contributed by atoms with van der Waals surface area (Å²) in [5.74, 6) is 0.0334. The molecular formula is C48H98N2O4. The van der Waals surface area contributed by atoms with Gasteiger partial charge in [0.1, 0.15) is 12.4 Å². The summed E-state index contributed by atoms with van der Waals surface area (Å²) < 4.78 is 11.3. The van der Waals surface area contributed by atoms with E-state index in [0.717, 1.165) is 77.4 Å². The van der Waals surface area contributed by atoms with E-state index in [1.807, 2.05) is 7.11 Å². The van der Waals surface area contributed by atoms with Crippen LogP contribution < -0.4 is 5.73 Å². The number of carbonyl (C=O) groups is 2. The van der Waals surface area contributed by atoms with Gasteiger partial charge in [0.25, 0.3) is 0 Å². The van der Waals surface area contributed by atoms with Gasteiger partial charge in [-0.25, -0.2) is 0 Å². The Bertz CT molecular complexity index is 701. The van der Waals surface area contributed by atoms with Gasteiger partial charge in [0.2, 0.25) is 0 Å². The molecule has 0 aliphatic carbocycles. The van der Waals surface area contributed by atoms with Crippen LogP contribution in [0.15, 0.2) is 0 Å². The molecule has 1 unspecified atom stereocenters. The number of unbranched alkanes of at least 4 members (excludes halogenated alkanes) is 24. The van der Waals surface area contributed by atoms with Crippen molar-refractivity contribution in [2.24, 2.45) is 5.73 Å². The molecule has 0 aliphatic heterocycles. The van der Waals surface area contributed by atoms with Gasteiger partial charge in [-0.05, 0) is 96.8 Å². The Balaban J connectivity index is 0. The van der Waals surface area contributed by atoms with Gasteiger partial charge in [0, 0.05) is 20.0 Å². The molecule has 1 atom stereocenters. The van der Waals surface area contributed by atoms with Crippen molar-refractivity contribution in [3.8, 4) is 0 Å². The maximum absolute atomic E-state index is 12.6. The second-order valence-electron chi connectivity index (χ2n) is 16.3. The average molecular weight is 767 g/mol. The van der Waals surface area contributed by atoms with E-state index in [1.165, 1.54) is 167 Å². The highest BCUT2D eigenvalue weighted by Gasteiger charge is 2.14. The first-order valence-corrected chi connectivity index (χ1v) is 24.1. The van der Waals surface area contributed by atoms with Crippen molar-refractivity contribution in [1.29, 1.82) is 0 Å². The second kappa shape index (κ2) is 48.2. The van der Waals surface area contributed by atoms with Crippen LogP contribution in [0.1, 0.15) is 252 Å². The van der Waals surface area contributed by atoms with E-state index in [1.54, 1.807) is 0 Å². The van der Waals surface area contributed by atoms with Gasteiger partial charge in [-0.3, -0.25) is 4.79 Å². The minimum Gasteiger partial charge on any atom is -0.462 e. The third-order valence-corrected chi connectivity index (χ3v) is 11.1. The molecule has 0 saturated carbocycles. The highest BCUT2D eigenvalue weighted by atomic mass is 16.5. The monoisotopic (exact) mass is 767 g/mol. The van der Waals surface area contributed by atoms with Crippen LogP contribution in [0.3, 0.4) is 0 Å². The Morgan fingerprint density at radius 3 is 1.33 bits per heavy atom. The molecule has 0 saturated heterocycles. The largest absolute Gasteiger partial charge is 0.462 e. The summed E-state index contributed by atoms with van der Waals surface area (Å²) in [5.41, 5.74) is 5.76. The number of rotatable bonds is 43. The lowest BCUT2D eigenvalue weighted by atomic mass is 10.0. The molecule has 54 heavy (non-hydrogen) atoms. The van der Waals surface area contributed by atoms with Gasteiger partial charge >= 0.3 is 5.97 Å². The van der Waals surface area contributed by atoms with Crippen molar-refractivity contribution in [2.45, 2.75) is 265 Å². The molecule has 2 N–H and O–H groups in total. The summed E-state index contributed by atoms with van der Waals surface area (Å²) in [7, 11) is 1.82. The fourth-order valence-electron chi connectivity index (χ4n) is 7.33. The quantitative estimate of drug-likeness (QED) is 0.0378. The molecule has 0 aromatic heterocycles. The van der Waals surface area contributed by atoms with Crippen LogP contribution in [-0.4, -0.2) is 62.7 Å². The van der Waals surface area contributed by atoms with Gasteiger partial charge < -0.3 is 24.9 Å². The zero-order valence-corrected chi connectivity index (χ0v) is 37.5. The first kappa shape index (κ1) is 55.1. The average Bonchev–Trinajstić information content (AvgIpc) is 3.18. The number of carbonyl (C=O) groups excluding carboxylic acids is 2. The Morgan fingerprint density at radius 1 is 0.519 bits per heavy atom. The molecule has 0 aromatic rings. The van der Waals surface area contributed by atoms with E-state index in [2.05, 4.69) is 32.6 Å². The molecule has 324 valence electrons. The lowest BCUT2D eigenvalue weighted by molar-refractivity contribution is -0.150. The van der Waals surface area contributed by atoms with E-state index in [0.29, 0.717) is 18.9 Å². The number of aldehydes is 1. The number of nitrogens with zero attached hydrogens (tertiary/aromatic N) is 1. The van der Waals surface area contributed by atoms with Crippen molar-refractivity contribution in [3.63, 3.8) is 0 Å². The summed E-state index contributed by atoms with van der Waals surface area (Å²) in [6, 6.07) is 0. The Hall–Kier alpha value is -0.980. The van der Waals surface area contributed by atoms with E-state index in [4.69, 9.17) is 15.2 Å². The summed E-state index contributed by atoms with van der Waals surface area (Å²) in [4.78, 5) is 25.6. The molecule has 0 heterocycles. The minimum absolute atomic E-state index is 0.0334. The van der Waals surface area contributed by atoms with Gasteiger partial charge in [-0.15, -0.1) is 0 Å². The smallest absolute Gasteiger partial charge is 0.306 e. The third-order valence-electron chi connectivity index (χ3n) is 11.1. The molecule has 0 spiro atoms. The fourth-order valence-corrected chi connectivity index (χ4v) is 7.33. The van der Waals surface area contributed by atoms with Crippen molar-refractivity contribution in [2.75, 3.05) is 33.3 Å². The van der Waals surface area contributed by atoms with Crippen LogP contribution in [-0.2, 0) is 19.1 Å². The predicted octanol–water partition coefficient (Wildman–Crippen LogP) is 14.1. The van der Waals surface area contributed by atoms with Crippen molar-refractivity contribution in [1.82, 2.24) is 4.90 Å². The summed E-state index contributed by atoms with van der Waals surface area (Å²) in [5, 5.41) is 0. The lowest BCUT2D eigenvalue weighted by Crippen LogP contribution is -2.28. The topological polar surface area (TPSA) is 81.9 Å². The molecule has 0 aliphatic rings. The summed E-state index contributed by atoms with van der Waals surface area (Å²) in [6.45, 7) is 13.2. The van der Waals surface area contributed by atoms with Gasteiger partial charge in [0.15, 0.2) is 0 Å². The number of esters is 1. The SMILES string of the molecule is CCCCCCCCC(CC)OC.CCCCCCCCC(CCCCCCCC)OC(=O)CCCCCCCN(CCCN)CCCCCCCC=O. The Morgan fingerprint density at radius 2 is 0.907 bits per heavy atom. The van der Waals surface area contributed by atoms with Crippen LogP contribution in [0.5, 0.6) is 0 Å². The first-order chi connectivity index (χ1) is 26.5. The number of ether oxygens (including phenoxy) is 2. The maximum Gasteiger partial charge on any atom is 0.306 e.